The van der Waals surface area contributed by atoms with Gasteiger partial charge in [0.05, 0.1) is 0 Å². The van der Waals surface area contributed by atoms with E-state index in [0.717, 1.165) is 52.0 Å². The second kappa shape index (κ2) is 7.39. The number of amides is 2. The Morgan fingerprint density at radius 2 is 1.87 bits per heavy atom. The maximum Gasteiger partial charge on any atom is 0.245 e. The Hall–Kier alpha value is -0.810. The van der Waals surface area contributed by atoms with Crippen molar-refractivity contribution in [2.45, 2.75) is 52.0 Å². The molecule has 0 aromatic carbocycles. The summed E-state index contributed by atoms with van der Waals surface area (Å²) in [6.45, 7) is 8.78. The van der Waals surface area contributed by atoms with Gasteiger partial charge in [-0.1, -0.05) is 13.8 Å². The lowest BCUT2D eigenvalue weighted by molar-refractivity contribution is -0.147. The lowest BCUT2D eigenvalue weighted by Crippen LogP contribution is -2.54. The molecular weight excluding hydrogens is 314 g/mol. The van der Waals surface area contributed by atoms with Crippen LogP contribution in [0.1, 0.15) is 46.0 Å². The maximum atomic E-state index is 13.0. The van der Waals surface area contributed by atoms with E-state index in [9.17, 15) is 9.59 Å². The fourth-order valence-electron chi connectivity index (χ4n) is 4.35. The van der Waals surface area contributed by atoms with Crippen molar-refractivity contribution < 1.29 is 9.59 Å². The molecule has 0 bridgehead atoms. The number of hydrogen-bond acceptors (Lipinski definition) is 3. The molecule has 0 radical (unpaired) electrons. The maximum absolute atomic E-state index is 13.0. The molecule has 0 aliphatic carbocycles. The number of nitrogens with one attached hydrogen (secondary N) is 1. The molecule has 1 atom stereocenters. The van der Waals surface area contributed by atoms with Gasteiger partial charge in [0.15, 0.2) is 0 Å². The molecule has 23 heavy (non-hydrogen) atoms. The molecule has 0 saturated carbocycles. The van der Waals surface area contributed by atoms with Crippen LogP contribution in [0.3, 0.4) is 0 Å². The van der Waals surface area contributed by atoms with Crippen LogP contribution < -0.4 is 5.32 Å². The highest BCUT2D eigenvalue weighted by atomic mass is 35.5. The fourth-order valence-corrected chi connectivity index (χ4v) is 4.35. The van der Waals surface area contributed by atoms with Crippen LogP contribution in [-0.4, -0.2) is 60.4 Å². The van der Waals surface area contributed by atoms with Crippen LogP contribution in [0.5, 0.6) is 0 Å². The molecule has 3 saturated heterocycles. The van der Waals surface area contributed by atoms with Crippen molar-refractivity contribution >= 4 is 24.2 Å². The predicted octanol–water partition coefficient (Wildman–Crippen LogP) is 1.66. The zero-order chi connectivity index (χ0) is 15.7. The number of hydrogen-bond donors (Lipinski definition) is 1. The van der Waals surface area contributed by atoms with Crippen LogP contribution in [0.25, 0.3) is 0 Å². The third-order valence-corrected chi connectivity index (χ3v) is 5.80. The van der Waals surface area contributed by atoms with Crippen molar-refractivity contribution in [1.82, 2.24) is 15.1 Å². The van der Waals surface area contributed by atoms with Gasteiger partial charge in [-0.25, -0.2) is 0 Å². The highest BCUT2D eigenvalue weighted by Crippen LogP contribution is 2.37. The predicted molar refractivity (Wildman–Crippen MR) is 92.6 cm³/mol. The van der Waals surface area contributed by atoms with Gasteiger partial charge in [-0.15, -0.1) is 12.4 Å². The smallest absolute Gasteiger partial charge is 0.245 e. The molecule has 1 unspecified atom stereocenters. The number of carbonyl (C=O) groups is 2. The summed E-state index contributed by atoms with van der Waals surface area (Å²) in [4.78, 5) is 28.9. The zero-order valence-corrected chi connectivity index (χ0v) is 15.2. The van der Waals surface area contributed by atoms with E-state index in [1.807, 2.05) is 9.80 Å². The van der Waals surface area contributed by atoms with Gasteiger partial charge < -0.3 is 15.1 Å². The summed E-state index contributed by atoms with van der Waals surface area (Å²) in [7, 11) is 0. The van der Waals surface area contributed by atoms with Gasteiger partial charge in [0.1, 0.15) is 6.04 Å². The number of carbonyl (C=O) groups excluding carboxylic acids is 2. The molecule has 3 aliphatic rings. The van der Waals surface area contributed by atoms with E-state index in [-0.39, 0.29) is 36.2 Å². The summed E-state index contributed by atoms with van der Waals surface area (Å²) in [5.74, 6) is 0.505. The van der Waals surface area contributed by atoms with Crippen molar-refractivity contribution in [3.8, 4) is 0 Å². The first-order valence-corrected chi connectivity index (χ1v) is 8.81. The van der Waals surface area contributed by atoms with E-state index in [2.05, 4.69) is 19.2 Å². The third kappa shape index (κ3) is 3.66. The summed E-state index contributed by atoms with van der Waals surface area (Å²) in [6, 6.07) is -0.259. The molecule has 3 fully saturated rings. The highest BCUT2D eigenvalue weighted by molar-refractivity contribution is 5.89. The van der Waals surface area contributed by atoms with E-state index in [1.165, 1.54) is 6.42 Å². The van der Waals surface area contributed by atoms with E-state index in [0.29, 0.717) is 11.8 Å². The van der Waals surface area contributed by atoms with Crippen LogP contribution >= 0.6 is 12.4 Å². The zero-order valence-electron chi connectivity index (χ0n) is 14.3. The monoisotopic (exact) mass is 343 g/mol. The average Bonchev–Trinajstić information content (AvgIpc) is 3.10. The van der Waals surface area contributed by atoms with Gasteiger partial charge in [-0.05, 0) is 43.6 Å². The van der Waals surface area contributed by atoms with Gasteiger partial charge in [-0.3, -0.25) is 9.59 Å². The largest absolute Gasteiger partial charge is 0.341 e. The summed E-state index contributed by atoms with van der Waals surface area (Å²) in [5.41, 5.74) is 0.424. The Morgan fingerprint density at radius 1 is 1.17 bits per heavy atom. The second-order valence-electron chi connectivity index (χ2n) is 7.63. The first-order valence-electron chi connectivity index (χ1n) is 8.81. The summed E-state index contributed by atoms with van der Waals surface area (Å²) in [5, 5.41) is 3.46. The van der Waals surface area contributed by atoms with Gasteiger partial charge >= 0.3 is 0 Å². The van der Waals surface area contributed by atoms with Crippen molar-refractivity contribution in [2.75, 3.05) is 32.7 Å². The molecular formula is C17H30ClN3O2. The van der Waals surface area contributed by atoms with E-state index in [1.54, 1.807) is 0 Å². The molecule has 1 N–H and O–H groups in total. The molecule has 6 heteroatoms. The summed E-state index contributed by atoms with van der Waals surface area (Å²) < 4.78 is 0. The number of halogens is 1. The minimum Gasteiger partial charge on any atom is -0.341 e. The Labute approximate surface area is 145 Å². The molecule has 2 amide bonds. The molecule has 3 rings (SSSR count). The number of piperidine rings is 1. The average molecular weight is 344 g/mol. The Kier molecular flexibility index (Phi) is 5.95. The topological polar surface area (TPSA) is 52.7 Å². The first kappa shape index (κ1) is 18.5. The third-order valence-electron chi connectivity index (χ3n) is 5.80. The van der Waals surface area contributed by atoms with Crippen LogP contribution in [0, 0.1) is 11.3 Å². The van der Waals surface area contributed by atoms with Gasteiger partial charge in [0.2, 0.25) is 11.8 Å². The van der Waals surface area contributed by atoms with Crippen molar-refractivity contribution in [1.29, 1.82) is 0 Å². The number of nitrogens with zero attached hydrogens (tertiary/aromatic N) is 2. The van der Waals surface area contributed by atoms with Gasteiger partial charge in [-0.2, -0.15) is 0 Å². The molecule has 0 aromatic rings. The fraction of sp³-hybridized carbons (Fsp3) is 0.882. The quantitative estimate of drug-likeness (QED) is 0.848. The minimum absolute atomic E-state index is 0. The summed E-state index contributed by atoms with van der Waals surface area (Å²) >= 11 is 0. The van der Waals surface area contributed by atoms with Crippen LogP contribution in [0.15, 0.2) is 0 Å². The molecule has 132 valence electrons. The SMILES string of the molecule is CC(C)C(C(=O)N1CCC2(CCNC2)CC1)N1CCCC1=O.Cl. The Balaban J connectivity index is 0.00000192. The molecule has 5 nitrogen and oxygen atoms in total. The molecule has 0 aromatic heterocycles. The van der Waals surface area contributed by atoms with Gasteiger partial charge in [0, 0.05) is 32.6 Å². The first-order chi connectivity index (χ1) is 10.5. The second-order valence-corrected chi connectivity index (χ2v) is 7.63. The standard InChI is InChI=1S/C17H29N3O2.ClH/c1-13(2)15(20-9-3-4-14(20)21)16(22)19-10-6-17(7-11-19)5-8-18-12-17;/h13,15,18H,3-12H2,1-2H3;1H. The highest BCUT2D eigenvalue weighted by Gasteiger charge is 2.42. The molecule has 1 spiro atoms. The summed E-state index contributed by atoms with van der Waals surface area (Å²) in [6.07, 6.45) is 4.94. The molecule has 3 aliphatic heterocycles. The van der Waals surface area contributed by atoms with Gasteiger partial charge in [0.25, 0.3) is 0 Å². The molecule has 3 heterocycles. The van der Waals surface area contributed by atoms with Crippen LogP contribution in [0.4, 0.5) is 0 Å². The van der Waals surface area contributed by atoms with E-state index < -0.39 is 0 Å². The Morgan fingerprint density at radius 3 is 2.35 bits per heavy atom. The van der Waals surface area contributed by atoms with Crippen LogP contribution in [0.2, 0.25) is 0 Å². The van der Waals surface area contributed by atoms with Crippen molar-refractivity contribution in [3.63, 3.8) is 0 Å². The number of likely N-dealkylation sites (tertiary alicyclic amines) is 2. The Bertz CT molecular complexity index is 439. The normalized spacial score (nSPS) is 25.1. The van der Waals surface area contributed by atoms with Crippen molar-refractivity contribution in [3.05, 3.63) is 0 Å². The lowest BCUT2D eigenvalue weighted by atomic mass is 9.77. The van der Waals surface area contributed by atoms with Crippen LogP contribution in [-0.2, 0) is 9.59 Å². The van der Waals surface area contributed by atoms with Crippen molar-refractivity contribution in [2.24, 2.45) is 11.3 Å². The van der Waals surface area contributed by atoms with E-state index >= 15 is 0 Å². The van der Waals surface area contributed by atoms with E-state index in [4.69, 9.17) is 0 Å². The lowest BCUT2D eigenvalue weighted by Gasteiger charge is -2.42. The minimum atomic E-state index is -0.259. The number of rotatable bonds is 3.